The van der Waals surface area contributed by atoms with Gasteiger partial charge in [-0.25, -0.2) is 8.78 Å². The zero-order valence-electron chi connectivity index (χ0n) is 13.8. The molecule has 0 saturated heterocycles. The van der Waals surface area contributed by atoms with Crippen molar-refractivity contribution in [2.45, 2.75) is 31.8 Å². The van der Waals surface area contributed by atoms with E-state index >= 15 is 0 Å². The van der Waals surface area contributed by atoms with Gasteiger partial charge in [-0.3, -0.25) is 4.99 Å². The molecule has 0 aromatic heterocycles. The van der Waals surface area contributed by atoms with E-state index in [1.54, 1.807) is 7.05 Å². The standard InChI is InChI=1S/C19H21F2N3/c1-12-5-3-6-13(9-12)11-23-19(22-2)24-17-10-14(17)18-15(20)7-4-8-16(18)21/h3-9,14,17H,10-11H2,1-2H3,(H2,22,23,24). The minimum Gasteiger partial charge on any atom is -0.353 e. The summed E-state index contributed by atoms with van der Waals surface area (Å²) in [6.07, 6.45) is 0.697. The Morgan fingerprint density at radius 2 is 1.88 bits per heavy atom. The maximum absolute atomic E-state index is 13.8. The Kier molecular flexibility index (Phi) is 4.79. The Bertz CT molecular complexity index is 738. The van der Waals surface area contributed by atoms with Crippen molar-refractivity contribution in [2.24, 2.45) is 4.99 Å². The lowest BCUT2D eigenvalue weighted by Gasteiger charge is -2.12. The number of benzene rings is 2. The van der Waals surface area contributed by atoms with E-state index in [0.29, 0.717) is 18.9 Å². The highest BCUT2D eigenvalue weighted by molar-refractivity contribution is 5.80. The summed E-state index contributed by atoms with van der Waals surface area (Å²) in [6, 6.07) is 12.2. The van der Waals surface area contributed by atoms with Crippen LogP contribution in [0.3, 0.4) is 0 Å². The summed E-state index contributed by atoms with van der Waals surface area (Å²) in [5, 5.41) is 6.47. The van der Waals surface area contributed by atoms with Gasteiger partial charge in [-0.1, -0.05) is 35.9 Å². The second kappa shape index (κ2) is 6.99. The van der Waals surface area contributed by atoms with E-state index in [9.17, 15) is 8.78 Å². The van der Waals surface area contributed by atoms with E-state index in [1.165, 1.54) is 23.8 Å². The van der Waals surface area contributed by atoms with Crippen LogP contribution < -0.4 is 10.6 Å². The molecule has 5 heteroatoms. The third-order valence-electron chi connectivity index (χ3n) is 4.25. The lowest BCUT2D eigenvalue weighted by Crippen LogP contribution is -2.38. The van der Waals surface area contributed by atoms with Crippen LogP contribution in [-0.2, 0) is 6.54 Å². The van der Waals surface area contributed by atoms with Gasteiger partial charge in [0.15, 0.2) is 5.96 Å². The lowest BCUT2D eigenvalue weighted by molar-refractivity contribution is 0.553. The molecular formula is C19H21F2N3. The van der Waals surface area contributed by atoms with Crippen molar-refractivity contribution < 1.29 is 8.78 Å². The number of rotatable bonds is 4. The fourth-order valence-corrected chi connectivity index (χ4v) is 2.92. The van der Waals surface area contributed by atoms with Gasteiger partial charge in [0.2, 0.25) is 0 Å². The minimum atomic E-state index is -0.480. The van der Waals surface area contributed by atoms with Crippen LogP contribution in [0.1, 0.15) is 29.0 Å². The molecule has 0 radical (unpaired) electrons. The van der Waals surface area contributed by atoms with Crippen LogP contribution in [0.25, 0.3) is 0 Å². The Morgan fingerprint density at radius 1 is 1.17 bits per heavy atom. The number of aryl methyl sites for hydroxylation is 1. The van der Waals surface area contributed by atoms with Gasteiger partial charge in [0.25, 0.3) is 0 Å². The van der Waals surface area contributed by atoms with Crippen LogP contribution in [0.5, 0.6) is 0 Å². The Hall–Kier alpha value is -2.43. The summed E-state index contributed by atoms with van der Waals surface area (Å²) in [7, 11) is 1.69. The van der Waals surface area contributed by atoms with Crippen molar-refractivity contribution in [3.8, 4) is 0 Å². The van der Waals surface area contributed by atoms with Gasteiger partial charge < -0.3 is 10.6 Å². The SMILES string of the molecule is CN=C(NCc1cccc(C)c1)NC1CC1c1c(F)cccc1F. The molecule has 0 heterocycles. The zero-order chi connectivity index (χ0) is 17.1. The maximum Gasteiger partial charge on any atom is 0.191 e. The van der Waals surface area contributed by atoms with Gasteiger partial charge >= 0.3 is 0 Å². The summed E-state index contributed by atoms with van der Waals surface area (Å²) in [5.74, 6) is -0.469. The number of hydrogen-bond donors (Lipinski definition) is 2. The van der Waals surface area contributed by atoms with Crippen molar-refractivity contribution in [1.29, 1.82) is 0 Å². The summed E-state index contributed by atoms with van der Waals surface area (Å²) in [5.41, 5.74) is 2.53. The molecule has 3 nitrogen and oxygen atoms in total. The first-order valence-electron chi connectivity index (χ1n) is 8.05. The fraction of sp³-hybridized carbons (Fsp3) is 0.316. The molecule has 3 rings (SSSR count). The van der Waals surface area contributed by atoms with Crippen LogP contribution >= 0.6 is 0 Å². The van der Waals surface area contributed by atoms with Crippen molar-refractivity contribution in [3.63, 3.8) is 0 Å². The van der Waals surface area contributed by atoms with E-state index in [4.69, 9.17) is 0 Å². The quantitative estimate of drug-likeness (QED) is 0.665. The number of hydrogen-bond acceptors (Lipinski definition) is 1. The Balaban J connectivity index is 1.58. The average Bonchev–Trinajstić information content (AvgIpc) is 3.30. The van der Waals surface area contributed by atoms with E-state index in [0.717, 1.165) is 5.56 Å². The van der Waals surface area contributed by atoms with E-state index in [2.05, 4.69) is 21.7 Å². The highest BCUT2D eigenvalue weighted by atomic mass is 19.1. The molecule has 126 valence electrons. The van der Waals surface area contributed by atoms with Crippen molar-refractivity contribution >= 4 is 5.96 Å². The molecule has 2 aromatic carbocycles. The molecule has 1 saturated carbocycles. The molecule has 1 aliphatic rings. The summed E-state index contributed by atoms with van der Waals surface area (Å²) < 4.78 is 27.7. The second-order valence-electron chi connectivity index (χ2n) is 6.14. The molecule has 1 fully saturated rings. The average molecular weight is 329 g/mol. The highest BCUT2D eigenvalue weighted by Gasteiger charge is 2.42. The molecule has 2 atom stereocenters. The normalized spacial score (nSPS) is 19.9. The first-order chi connectivity index (χ1) is 11.6. The molecule has 2 aromatic rings. The summed E-state index contributed by atoms with van der Waals surface area (Å²) >= 11 is 0. The predicted octanol–water partition coefficient (Wildman–Crippen LogP) is 3.49. The topological polar surface area (TPSA) is 36.4 Å². The fourth-order valence-electron chi connectivity index (χ4n) is 2.92. The molecule has 0 aliphatic heterocycles. The maximum atomic E-state index is 13.8. The van der Waals surface area contributed by atoms with E-state index in [1.807, 2.05) is 25.1 Å². The van der Waals surface area contributed by atoms with Crippen LogP contribution in [0.15, 0.2) is 47.5 Å². The van der Waals surface area contributed by atoms with Crippen LogP contribution in [0, 0.1) is 18.6 Å². The van der Waals surface area contributed by atoms with Crippen molar-refractivity contribution in [2.75, 3.05) is 7.05 Å². The Morgan fingerprint density at radius 3 is 2.54 bits per heavy atom. The lowest BCUT2D eigenvalue weighted by atomic mass is 10.1. The monoisotopic (exact) mass is 329 g/mol. The smallest absolute Gasteiger partial charge is 0.191 e. The highest BCUT2D eigenvalue weighted by Crippen LogP contribution is 2.43. The molecule has 0 amide bonds. The number of nitrogens with one attached hydrogen (secondary N) is 2. The largest absolute Gasteiger partial charge is 0.353 e. The number of nitrogens with zero attached hydrogens (tertiary/aromatic N) is 1. The number of guanidine groups is 1. The van der Waals surface area contributed by atoms with Gasteiger partial charge in [0, 0.05) is 31.1 Å². The minimum absolute atomic E-state index is 0.000101. The van der Waals surface area contributed by atoms with Gasteiger partial charge in [0.1, 0.15) is 11.6 Å². The van der Waals surface area contributed by atoms with Gasteiger partial charge in [-0.15, -0.1) is 0 Å². The third kappa shape index (κ3) is 3.72. The molecule has 2 unspecified atom stereocenters. The van der Waals surface area contributed by atoms with E-state index < -0.39 is 11.6 Å². The van der Waals surface area contributed by atoms with Crippen LogP contribution in [0.2, 0.25) is 0 Å². The number of aliphatic imine (C=N–C) groups is 1. The Labute approximate surface area is 140 Å². The van der Waals surface area contributed by atoms with Gasteiger partial charge in [-0.05, 0) is 31.0 Å². The number of halogens is 2. The summed E-state index contributed by atoms with van der Waals surface area (Å²) in [6.45, 7) is 2.70. The van der Waals surface area contributed by atoms with Gasteiger partial charge in [0.05, 0.1) is 0 Å². The second-order valence-corrected chi connectivity index (χ2v) is 6.14. The first-order valence-corrected chi connectivity index (χ1v) is 8.05. The molecule has 2 N–H and O–H groups in total. The zero-order valence-corrected chi connectivity index (χ0v) is 13.8. The molecule has 1 aliphatic carbocycles. The van der Waals surface area contributed by atoms with Crippen LogP contribution in [-0.4, -0.2) is 19.0 Å². The van der Waals surface area contributed by atoms with E-state index in [-0.39, 0.29) is 17.5 Å². The van der Waals surface area contributed by atoms with Gasteiger partial charge in [-0.2, -0.15) is 0 Å². The van der Waals surface area contributed by atoms with Crippen LogP contribution in [0.4, 0.5) is 8.78 Å². The molecule has 0 spiro atoms. The first kappa shape index (κ1) is 16.4. The van der Waals surface area contributed by atoms with Crippen molar-refractivity contribution in [1.82, 2.24) is 10.6 Å². The molecule has 24 heavy (non-hydrogen) atoms. The summed E-state index contributed by atoms with van der Waals surface area (Å²) in [4.78, 5) is 4.19. The molecule has 0 bridgehead atoms. The third-order valence-corrected chi connectivity index (χ3v) is 4.25. The molecular weight excluding hydrogens is 308 g/mol. The van der Waals surface area contributed by atoms with Crippen molar-refractivity contribution in [3.05, 3.63) is 70.8 Å². The predicted molar refractivity (Wildman–Crippen MR) is 92.0 cm³/mol.